The van der Waals surface area contributed by atoms with Crippen LogP contribution in [0.5, 0.6) is 0 Å². The largest absolute Gasteiger partial charge is 0.377 e. The molecule has 5 nitrogen and oxygen atoms in total. The molecule has 0 aliphatic heterocycles. The highest BCUT2D eigenvalue weighted by atomic mass is 19.3. The summed E-state index contributed by atoms with van der Waals surface area (Å²) < 4.78 is 59.4. The van der Waals surface area contributed by atoms with Crippen LogP contribution in [0.1, 0.15) is 31.7 Å². The third kappa shape index (κ3) is 2.08. The van der Waals surface area contributed by atoms with Crippen molar-refractivity contribution in [1.82, 2.24) is 20.2 Å². The molecule has 1 N–H and O–H groups in total. The normalized spacial score (nSPS) is 30.3. The highest BCUT2D eigenvalue weighted by Crippen LogP contribution is 2.80. The molecule has 1 heterocycles. The Balaban J connectivity index is 1.81. The smallest absolute Gasteiger partial charge is 0.287 e. The van der Waals surface area contributed by atoms with Crippen molar-refractivity contribution in [3.63, 3.8) is 0 Å². The molecule has 3 fully saturated rings. The predicted octanol–water partition coefficient (Wildman–Crippen LogP) is 2.66. The van der Waals surface area contributed by atoms with E-state index < -0.39 is 40.7 Å². The van der Waals surface area contributed by atoms with Crippen LogP contribution in [0.4, 0.5) is 17.6 Å². The van der Waals surface area contributed by atoms with Crippen LogP contribution in [0.3, 0.4) is 0 Å². The van der Waals surface area contributed by atoms with Crippen molar-refractivity contribution in [2.45, 2.75) is 44.3 Å². The second-order valence-electron chi connectivity index (χ2n) is 7.69. The van der Waals surface area contributed by atoms with E-state index in [9.17, 15) is 13.9 Å². The number of nitrogens with zero attached hydrogens (tertiary/aromatic N) is 4. The van der Waals surface area contributed by atoms with Crippen LogP contribution in [0, 0.1) is 22.5 Å². The Bertz CT molecular complexity index is 806. The van der Waals surface area contributed by atoms with E-state index in [2.05, 4.69) is 15.5 Å². The molecule has 1 aromatic heterocycles. The lowest BCUT2D eigenvalue weighted by molar-refractivity contribution is -0.365. The number of benzene rings is 1. The van der Waals surface area contributed by atoms with Gasteiger partial charge in [0.05, 0.1) is 6.54 Å². The lowest BCUT2D eigenvalue weighted by atomic mass is 9.33. The van der Waals surface area contributed by atoms with Crippen molar-refractivity contribution in [2.75, 3.05) is 0 Å². The summed E-state index contributed by atoms with van der Waals surface area (Å²) in [5.74, 6) is -5.78. The third-order valence-corrected chi connectivity index (χ3v) is 5.64. The van der Waals surface area contributed by atoms with Crippen molar-refractivity contribution < 1.29 is 22.7 Å². The van der Waals surface area contributed by atoms with E-state index in [4.69, 9.17) is 0 Å². The molecule has 9 heteroatoms. The molecule has 3 aliphatic carbocycles. The summed E-state index contributed by atoms with van der Waals surface area (Å²) in [6.45, 7) is 1.16. The summed E-state index contributed by atoms with van der Waals surface area (Å²) in [5.41, 5.74) is -5.09. The average Bonchev–Trinajstić information content (AvgIpc) is 2.95. The lowest BCUT2D eigenvalue weighted by Crippen LogP contribution is -2.73. The van der Waals surface area contributed by atoms with E-state index in [0.29, 0.717) is 6.07 Å². The van der Waals surface area contributed by atoms with E-state index in [0.717, 1.165) is 23.1 Å². The number of halogens is 4. The molecular formula is C16H16F4N4O. The van der Waals surface area contributed by atoms with Crippen molar-refractivity contribution >= 4 is 0 Å². The zero-order valence-corrected chi connectivity index (χ0v) is 13.4. The van der Waals surface area contributed by atoms with E-state index in [1.165, 1.54) is 0 Å². The number of alkyl halides is 2. The van der Waals surface area contributed by atoms with Crippen molar-refractivity contribution in [2.24, 2.45) is 10.8 Å². The summed E-state index contributed by atoms with van der Waals surface area (Å²) in [4.78, 5) is 0. The van der Waals surface area contributed by atoms with Gasteiger partial charge in [0.25, 0.3) is 5.92 Å². The predicted molar refractivity (Wildman–Crippen MR) is 77.4 cm³/mol. The first-order chi connectivity index (χ1) is 11.6. The maximum absolute atomic E-state index is 15.5. The van der Waals surface area contributed by atoms with Gasteiger partial charge in [0.1, 0.15) is 18.0 Å². The second-order valence-corrected chi connectivity index (χ2v) is 7.69. The highest BCUT2D eigenvalue weighted by molar-refractivity contribution is 5.33. The molecule has 0 spiro atoms. The minimum atomic E-state index is -3.64. The molecule has 3 saturated carbocycles. The summed E-state index contributed by atoms with van der Waals surface area (Å²) in [5, 5.41) is 21.3. The number of hydrogen-bond donors (Lipinski definition) is 1. The summed E-state index contributed by atoms with van der Waals surface area (Å²) in [7, 11) is 0. The van der Waals surface area contributed by atoms with Gasteiger partial charge < -0.3 is 5.11 Å². The van der Waals surface area contributed by atoms with Gasteiger partial charge >= 0.3 is 0 Å². The fourth-order valence-corrected chi connectivity index (χ4v) is 4.73. The van der Waals surface area contributed by atoms with Crippen molar-refractivity contribution in [3.05, 3.63) is 41.7 Å². The van der Waals surface area contributed by atoms with Crippen LogP contribution in [0.2, 0.25) is 0 Å². The van der Waals surface area contributed by atoms with Gasteiger partial charge in [-0.25, -0.2) is 22.2 Å². The van der Waals surface area contributed by atoms with Gasteiger partial charge in [0.15, 0.2) is 5.60 Å². The van der Waals surface area contributed by atoms with E-state index >= 15 is 8.78 Å². The summed E-state index contributed by atoms with van der Waals surface area (Å²) in [6, 6.07) is 2.19. The molecule has 1 aromatic carbocycles. The zero-order valence-electron chi connectivity index (χ0n) is 13.4. The van der Waals surface area contributed by atoms with Crippen molar-refractivity contribution in [1.29, 1.82) is 0 Å². The topological polar surface area (TPSA) is 63.8 Å². The summed E-state index contributed by atoms with van der Waals surface area (Å²) >= 11 is 0. The Morgan fingerprint density at radius 3 is 2.44 bits per heavy atom. The van der Waals surface area contributed by atoms with E-state index in [-0.39, 0.29) is 24.7 Å². The molecule has 2 bridgehead atoms. The van der Waals surface area contributed by atoms with Crippen LogP contribution in [-0.2, 0) is 12.1 Å². The SMILES string of the molecule is CC12CC(C(F)(F)[C@](O)(Cn3cnnn3)c3ccc(F)cc3F)(C1)C2. The lowest BCUT2D eigenvalue weighted by Gasteiger charge is -2.73. The Kier molecular flexibility index (Phi) is 3.14. The molecule has 0 amide bonds. The number of tetrazole rings is 1. The Morgan fingerprint density at radius 1 is 1.24 bits per heavy atom. The maximum Gasteiger partial charge on any atom is 0.287 e. The van der Waals surface area contributed by atoms with Crippen LogP contribution < -0.4 is 0 Å². The molecular weight excluding hydrogens is 340 g/mol. The maximum atomic E-state index is 15.5. The van der Waals surface area contributed by atoms with Gasteiger partial charge in [-0.1, -0.05) is 6.92 Å². The van der Waals surface area contributed by atoms with Gasteiger partial charge in [0, 0.05) is 17.0 Å². The van der Waals surface area contributed by atoms with Gasteiger partial charge in [-0.05, 0) is 47.2 Å². The summed E-state index contributed by atoms with van der Waals surface area (Å²) in [6.07, 6.45) is 1.83. The van der Waals surface area contributed by atoms with Gasteiger partial charge in [-0.3, -0.25) is 0 Å². The fourth-order valence-electron chi connectivity index (χ4n) is 4.73. The molecule has 5 rings (SSSR count). The quantitative estimate of drug-likeness (QED) is 0.837. The van der Waals surface area contributed by atoms with Crippen LogP contribution in [0.15, 0.2) is 24.5 Å². The van der Waals surface area contributed by atoms with E-state index in [1.54, 1.807) is 0 Å². The number of aliphatic hydroxyl groups is 1. The van der Waals surface area contributed by atoms with Crippen LogP contribution >= 0.6 is 0 Å². The molecule has 2 aromatic rings. The van der Waals surface area contributed by atoms with Gasteiger partial charge in [-0.2, -0.15) is 0 Å². The molecule has 1 atom stereocenters. The molecule has 25 heavy (non-hydrogen) atoms. The Morgan fingerprint density at radius 2 is 1.92 bits per heavy atom. The number of hydrogen-bond acceptors (Lipinski definition) is 4. The Hall–Kier alpha value is -2.03. The molecule has 0 radical (unpaired) electrons. The van der Waals surface area contributed by atoms with Crippen LogP contribution in [0.25, 0.3) is 0 Å². The molecule has 0 saturated heterocycles. The number of aromatic nitrogens is 4. The van der Waals surface area contributed by atoms with Crippen LogP contribution in [-0.4, -0.2) is 31.2 Å². The zero-order chi connectivity index (χ0) is 18.1. The molecule has 134 valence electrons. The average molecular weight is 356 g/mol. The third-order valence-electron chi connectivity index (χ3n) is 5.64. The number of rotatable bonds is 5. The van der Waals surface area contributed by atoms with Gasteiger partial charge in [-0.15, -0.1) is 5.10 Å². The first-order valence-corrected chi connectivity index (χ1v) is 7.88. The highest BCUT2D eigenvalue weighted by Gasteiger charge is 2.80. The van der Waals surface area contributed by atoms with Crippen molar-refractivity contribution in [3.8, 4) is 0 Å². The first-order valence-electron chi connectivity index (χ1n) is 7.88. The second kappa shape index (κ2) is 4.78. The standard InChI is InChI=1S/C16H16F4N4O/c1-13-5-14(6-13,7-13)16(19,20)15(25,8-24-9-21-22-23-24)11-3-2-10(17)4-12(11)18/h2-4,9,25H,5-8H2,1H3/t13?,14?,15-/m0/s1. The molecule has 3 aliphatic rings. The minimum absolute atomic E-state index is 0.138. The monoisotopic (exact) mass is 356 g/mol. The van der Waals surface area contributed by atoms with Gasteiger partial charge in [0.2, 0.25) is 0 Å². The first kappa shape index (κ1) is 16.4. The fraction of sp³-hybridized carbons (Fsp3) is 0.562. The minimum Gasteiger partial charge on any atom is -0.377 e. The van der Waals surface area contributed by atoms with E-state index in [1.807, 2.05) is 6.92 Å². The molecule has 0 unspecified atom stereocenters. The Labute approximate surface area is 140 Å².